The third kappa shape index (κ3) is 6.54. The number of nitrogens with one attached hydrogen (secondary N) is 3. The largest absolute Gasteiger partial charge is 0.454 e. The number of hydrogen-bond donors (Lipinski definition) is 3. The lowest BCUT2D eigenvalue weighted by atomic mass is 10.2. The monoisotopic (exact) mass is 474 g/mol. The molecule has 1 saturated carbocycles. The zero-order valence-corrected chi connectivity index (χ0v) is 17.4. The Hall–Kier alpha value is -1.71. The van der Waals surface area contributed by atoms with E-state index in [1.807, 2.05) is 25.1 Å². The minimum Gasteiger partial charge on any atom is -0.454 e. The standard InChI is InChI=1S/C18H26N4O3.HI/c1-2-19-18(20-9-3-4-17(23)22-14-6-7-14)21-11-13-5-8-15-16(10-13)25-12-24-15;/h5,8,10,14H,2-4,6-7,9,11-12H2,1H3,(H,22,23)(H2,19,20,21);1H. The van der Waals surface area contributed by atoms with Crippen LogP contribution >= 0.6 is 24.0 Å². The Morgan fingerprint density at radius 1 is 1.23 bits per heavy atom. The van der Waals surface area contributed by atoms with Gasteiger partial charge in [0.2, 0.25) is 12.7 Å². The van der Waals surface area contributed by atoms with E-state index < -0.39 is 0 Å². The van der Waals surface area contributed by atoms with E-state index in [1.54, 1.807) is 0 Å². The van der Waals surface area contributed by atoms with Crippen molar-refractivity contribution in [1.29, 1.82) is 0 Å². The summed E-state index contributed by atoms with van der Waals surface area (Å²) in [5.74, 6) is 2.45. The topological polar surface area (TPSA) is 84.0 Å². The molecule has 0 radical (unpaired) electrons. The average molecular weight is 474 g/mol. The highest BCUT2D eigenvalue weighted by atomic mass is 127. The van der Waals surface area contributed by atoms with E-state index in [0.29, 0.717) is 25.6 Å². The van der Waals surface area contributed by atoms with Crippen molar-refractivity contribution in [2.75, 3.05) is 19.9 Å². The Labute approximate surface area is 171 Å². The van der Waals surface area contributed by atoms with Gasteiger partial charge in [0.1, 0.15) is 0 Å². The molecule has 0 spiro atoms. The van der Waals surface area contributed by atoms with Crippen LogP contribution in [0.3, 0.4) is 0 Å². The SMILES string of the molecule is CCNC(=NCc1ccc2c(c1)OCO2)NCCCC(=O)NC1CC1.I. The normalized spacial score (nSPS) is 15.2. The molecule has 0 unspecified atom stereocenters. The van der Waals surface area contributed by atoms with Crippen LogP contribution < -0.4 is 25.4 Å². The van der Waals surface area contributed by atoms with Crippen molar-refractivity contribution in [2.24, 2.45) is 4.99 Å². The number of benzene rings is 1. The van der Waals surface area contributed by atoms with Gasteiger partial charge in [0.05, 0.1) is 6.54 Å². The van der Waals surface area contributed by atoms with Gasteiger partial charge in [-0.1, -0.05) is 6.07 Å². The Kier molecular flexibility index (Phi) is 8.27. The van der Waals surface area contributed by atoms with E-state index in [2.05, 4.69) is 20.9 Å². The molecule has 1 aromatic rings. The fourth-order valence-corrected chi connectivity index (χ4v) is 2.53. The predicted octanol–water partition coefficient (Wildman–Crippen LogP) is 2.15. The van der Waals surface area contributed by atoms with Gasteiger partial charge in [-0.3, -0.25) is 4.79 Å². The maximum absolute atomic E-state index is 11.7. The molecule has 0 bridgehead atoms. The molecule has 1 heterocycles. The lowest BCUT2D eigenvalue weighted by Crippen LogP contribution is -2.38. The maximum atomic E-state index is 11.7. The summed E-state index contributed by atoms with van der Waals surface area (Å²) in [5, 5.41) is 9.49. The molecule has 144 valence electrons. The van der Waals surface area contributed by atoms with Crippen molar-refractivity contribution >= 4 is 35.8 Å². The van der Waals surface area contributed by atoms with Gasteiger partial charge in [-0.25, -0.2) is 4.99 Å². The van der Waals surface area contributed by atoms with Crippen LogP contribution in [-0.4, -0.2) is 37.8 Å². The molecule has 3 rings (SSSR count). The van der Waals surface area contributed by atoms with Crippen molar-refractivity contribution in [1.82, 2.24) is 16.0 Å². The molecule has 2 aliphatic rings. The van der Waals surface area contributed by atoms with E-state index in [4.69, 9.17) is 9.47 Å². The second-order valence-corrected chi connectivity index (χ2v) is 6.25. The summed E-state index contributed by atoms with van der Waals surface area (Å²) in [7, 11) is 0. The first-order valence-corrected chi connectivity index (χ1v) is 8.94. The summed E-state index contributed by atoms with van der Waals surface area (Å²) in [5.41, 5.74) is 1.06. The Morgan fingerprint density at radius 2 is 2.04 bits per heavy atom. The van der Waals surface area contributed by atoms with E-state index in [1.165, 1.54) is 0 Å². The van der Waals surface area contributed by atoms with Crippen molar-refractivity contribution < 1.29 is 14.3 Å². The minimum absolute atomic E-state index is 0. The molecule has 0 saturated heterocycles. The predicted molar refractivity (Wildman–Crippen MR) is 111 cm³/mol. The summed E-state index contributed by atoms with van der Waals surface area (Å²) in [6.07, 6.45) is 3.58. The van der Waals surface area contributed by atoms with Crippen molar-refractivity contribution in [2.45, 2.75) is 45.2 Å². The Balaban J connectivity index is 0.00000243. The molecule has 26 heavy (non-hydrogen) atoms. The minimum atomic E-state index is 0. The highest BCUT2D eigenvalue weighted by molar-refractivity contribution is 14.0. The molecule has 0 aromatic heterocycles. The van der Waals surface area contributed by atoms with Crippen molar-refractivity contribution in [3.8, 4) is 11.5 Å². The van der Waals surface area contributed by atoms with Gasteiger partial charge >= 0.3 is 0 Å². The van der Waals surface area contributed by atoms with Gasteiger partial charge in [0.25, 0.3) is 0 Å². The first-order chi connectivity index (χ1) is 12.2. The average Bonchev–Trinajstić information content (AvgIpc) is 3.29. The highest BCUT2D eigenvalue weighted by Crippen LogP contribution is 2.32. The van der Waals surface area contributed by atoms with E-state index in [9.17, 15) is 4.79 Å². The molecule has 0 atom stereocenters. The number of hydrogen-bond acceptors (Lipinski definition) is 4. The maximum Gasteiger partial charge on any atom is 0.231 e. The van der Waals surface area contributed by atoms with E-state index in [-0.39, 0.29) is 36.7 Å². The molecular weight excluding hydrogens is 447 g/mol. The van der Waals surface area contributed by atoms with Crippen LogP contribution in [0.25, 0.3) is 0 Å². The summed E-state index contributed by atoms with van der Waals surface area (Å²) in [6.45, 7) is 4.36. The number of aliphatic imine (C=N–C) groups is 1. The van der Waals surface area contributed by atoms with Crippen LogP contribution in [0.5, 0.6) is 11.5 Å². The zero-order valence-electron chi connectivity index (χ0n) is 15.0. The quantitative estimate of drug-likeness (QED) is 0.233. The fourth-order valence-electron chi connectivity index (χ4n) is 2.53. The summed E-state index contributed by atoms with van der Waals surface area (Å²) < 4.78 is 10.7. The van der Waals surface area contributed by atoms with E-state index in [0.717, 1.165) is 48.8 Å². The second kappa shape index (κ2) is 10.4. The number of ether oxygens (including phenoxy) is 2. The number of fused-ring (bicyclic) bond motifs is 1. The van der Waals surface area contributed by atoms with Crippen LogP contribution in [0.4, 0.5) is 0 Å². The third-order valence-electron chi connectivity index (χ3n) is 4.02. The first-order valence-electron chi connectivity index (χ1n) is 8.94. The van der Waals surface area contributed by atoms with Crippen LogP contribution in [-0.2, 0) is 11.3 Å². The molecule has 7 nitrogen and oxygen atoms in total. The number of nitrogens with zero attached hydrogens (tertiary/aromatic N) is 1. The first kappa shape index (κ1) is 20.6. The number of halogens is 1. The summed E-state index contributed by atoms with van der Waals surface area (Å²) in [4.78, 5) is 16.2. The second-order valence-electron chi connectivity index (χ2n) is 6.25. The molecule has 8 heteroatoms. The van der Waals surface area contributed by atoms with Crippen LogP contribution in [0, 0.1) is 0 Å². The van der Waals surface area contributed by atoms with Gasteiger partial charge in [0.15, 0.2) is 17.5 Å². The molecular formula is C18H27IN4O3. The van der Waals surface area contributed by atoms with Gasteiger partial charge in [-0.15, -0.1) is 24.0 Å². The smallest absolute Gasteiger partial charge is 0.231 e. The lowest BCUT2D eigenvalue weighted by Gasteiger charge is -2.11. The fraction of sp³-hybridized carbons (Fsp3) is 0.556. The van der Waals surface area contributed by atoms with Crippen LogP contribution in [0.1, 0.15) is 38.2 Å². The van der Waals surface area contributed by atoms with Gasteiger partial charge < -0.3 is 25.4 Å². The molecule has 1 aromatic carbocycles. The Bertz CT molecular complexity index is 635. The molecule has 1 aliphatic heterocycles. The Morgan fingerprint density at radius 3 is 2.81 bits per heavy atom. The number of carbonyl (C=O) groups is 1. The van der Waals surface area contributed by atoms with Crippen LogP contribution in [0.2, 0.25) is 0 Å². The van der Waals surface area contributed by atoms with Gasteiger partial charge in [-0.05, 0) is 43.9 Å². The summed E-state index contributed by atoms with van der Waals surface area (Å²) >= 11 is 0. The third-order valence-corrected chi connectivity index (χ3v) is 4.02. The van der Waals surface area contributed by atoms with Crippen LogP contribution in [0.15, 0.2) is 23.2 Å². The van der Waals surface area contributed by atoms with E-state index >= 15 is 0 Å². The molecule has 1 aliphatic carbocycles. The van der Waals surface area contributed by atoms with Gasteiger partial charge in [0, 0.05) is 25.6 Å². The zero-order chi connectivity index (χ0) is 17.5. The van der Waals surface area contributed by atoms with Crippen molar-refractivity contribution in [3.05, 3.63) is 23.8 Å². The molecule has 1 amide bonds. The number of guanidine groups is 1. The molecule has 3 N–H and O–H groups in total. The summed E-state index contributed by atoms with van der Waals surface area (Å²) in [6, 6.07) is 6.29. The molecule has 1 fully saturated rings. The van der Waals surface area contributed by atoms with Crippen molar-refractivity contribution in [3.63, 3.8) is 0 Å². The highest BCUT2D eigenvalue weighted by Gasteiger charge is 2.22. The lowest BCUT2D eigenvalue weighted by molar-refractivity contribution is -0.121. The number of rotatable bonds is 8. The number of carbonyl (C=O) groups excluding carboxylic acids is 1. The van der Waals surface area contributed by atoms with Gasteiger partial charge in [-0.2, -0.15) is 0 Å². The number of amides is 1.